The molecule has 3 atom stereocenters. The molecule has 132 valence electrons. The van der Waals surface area contributed by atoms with Gasteiger partial charge in [-0.25, -0.2) is 8.78 Å². The molecule has 1 aliphatic rings. The number of rotatable bonds is 4. The summed E-state index contributed by atoms with van der Waals surface area (Å²) in [6, 6.07) is 2.96. The average molecular weight is 339 g/mol. The van der Waals surface area contributed by atoms with E-state index in [4.69, 9.17) is 0 Å². The van der Waals surface area contributed by atoms with E-state index in [0.717, 1.165) is 37.8 Å². The van der Waals surface area contributed by atoms with Gasteiger partial charge in [-0.1, -0.05) is 31.7 Å². The summed E-state index contributed by atoms with van der Waals surface area (Å²) in [5.74, 6) is -4.71. The van der Waals surface area contributed by atoms with Crippen LogP contribution in [-0.4, -0.2) is 23.0 Å². The number of hydrogen-bond donors (Lipinski definition) is 2. The minimum Gasteiger partial charge on any atom is -0.481 e. The second kappa shape index (κ2) is 8.22. The summed E-state index contributed by atoms with van der Waals surface area (Å²) in [4.78, 5) is 23.9. The maximum absolute atomic E-state index is 13.8. The molecule has 0 spiro atoms. The maximum atomic E-state index is 13.8. The van der Waals surface area contributed by atoms with Crippen molar-refractivity contribution in [1.82, 2.24) is 5.32 Å². The number of nitrogens with one attached hydrogen (secondary N) is 1. The molecule has 2 N–H and O–H groups in total. The molecule has 0 bridgehead atoms. The lowest BCUT2D eigenvalue weighted by atomic mass is 9.86. The third-order valence-corrected chi connectivity index (χ3v) is 4.74. The molecular formula is C18H23F2NO3. The fourth-order valence-electron chi connectivity index (χ4n) is 3.32. The zero-order valence-corrected chi connectivity index (χ0v) is 13.7. The van der Waals surface area contributed by atoms with Crippen LogP contribution >= 0.6 is 0 Å². The van der Waals surface area contributed by atoms with Crippen LogP contribution in [0.25, 0.3) is 0 Å². The van der Waals surface area contributed by atoms with E-state index in [1.165, 1.54) is 13.0 Å². The van der Waals surface area contributed by atoms with E-state index in [1.54, 1.807) is 0 Å². The molecule has 6 heteroatoms. The van der Waals surface area contributed by atoms with Crippen LogP contribution in [0.2, 0.25) is 0 Å². The molecule has 0 saturated heterocycles. The van der Waals surface area contributed by atoms with Crippen molar-refractivity contribution < 1.29 is 23.5 Å². The average Bonchev–Trinajstić information content (AvgIpc) is 2.49. The van der Waals surface area contributed by atoms with Crippen molar-refractivity contribution >= 4 is 11.9 Å². The van der Waals surface area contributed by atoms with Crippen molar-refractivity contribution in [2.24, 2.45) is 5.92 Å². The molecule has 1 fully saturated rings. The van der Waals surface area contributed by atoms with Crippen molar-refractivity contribution in [3.05, 3.63) is 35.4 Å². The van der Waals surface area contributed by atoms with Crippen molar-refractivity contribution in [1.29, 1.82) is 0 Å². The van der Waals surface area contributed by atoms with Gasteiger partial charge in [0.15, 0.2) is 0 Å². The zero-order valence-electron chi connectivity index (χ0n) is 13.7. The van der Waals surface area contributed by atoms with Gasteiger partial charge in [0.25, 0.3) is 0 Å². The molecule has 1 aromatic rings. The molecule has 4 nitrogen and oxygen atoms in total. The fraction of sp³-hybridized carbons (Fsp3) is 0.556. The Morgan fingerprint density at radius 3 is 2.29 bits per heavy atom. The van der Waals surface area contributed by atoms with Gasteiger partial charge in [-0.15, -0.1) is 0 Å². The first-order valence-electron chi connectivity index (χ1n) is 8.39. The molecule has 1 saturated carbocycles. The highest BCUT2D eigenvalue weighted by atomic mass is 19.1. The zero-order chi connectivity index (χ0) is 17.7. The van der Waals surface area contributed by atoms with Gasteiger partial charge in [0.05, 0.1) is 11.8 Å². The highest BCUT2D eigenvalue weighted by Crippen LogP contribution is 2.26. The summed E-state index contributed by atoms with van der Waals surface area (Å²) in [7, 11) is 0. The summed E-state index contributed by atoms with van der Waals surface area (Å²) in [6.45, 7) is 1.43. The summed E-state index contributed by atoms with van der Waals surface area (Å²) >= 11 is 0. The summed E-state index contributed by atoms with van der Waals surface area (Å²) in [5.41, 5.74) is -0.285. The number of halogens is 2. The van der Waals surface area contributed by atoms with Gasteiger partial charge >= 0.3 is 5.97 Å². The third kappa shape index (κ3) is 4.30. The van der Waals surface area contributed by atoms with E-state index >= 15 is 0 Å². The molecule has 3 unspecified atom stereocenters. The molecule has 1 aromatic carbocycles. The number of carbonyl (C=O) groups is 2. The largest absolute Gasteiger partial charge is 0.481 e. The SMILES string of the molecule is CC(C(=O)NC1CCCCCCC1C(=O)O)c1c(F)cccc1F. The summed E-state index contributed by atoms with van der Waals surface area (Å²) < 4.78 is 27.7. The molecule has 0 heterocycles. The van der Waals surface area contributed by atoms with Crippen molar-refractivity contribution in [3.63, 3.8) is 0 Å². The Bertz CT molecular complexity index is 586. The molecular weight excluding hydrogens is 316 g/mol. The summed E-state index contributed by atoms with van der Waals surface area (Å²) in [6.07, 6.45) is 4.69. The number of carboxylic acid groups (broad SMARTS) is 1. The Balaban J connectivity index is 2.14. The first-order valence-corrected chi connectivity index (χ1v) is 8.39. The van der Waals surface area contributed by atoms with Gasteiger partial charge in [0, 0.05) is 11.6 Å². The van der Waals surface area contributed by atoms with E-state index in [2.05, 4.69) is 5.32 Å². The van der Waals surface area contributed by atoms with Gasteiger partial charge in [0.1, 0.15) is 11.6 Å². The molecule has 1 amide bonds. The molecule has 0 aliphatic heterocycles. The second-order valence-electron chi connectivity index (χ2n) is 6.41. The highest BCUT2D eigenvalue weighted by Gasteiger charge is 2.32. The van der Waals surface area contributed by atoms with Gasteiger partial charge in [-0.2, -0.15) is 0 Å². The van der Waals surface area contributed by atoms with Crippen LogP contribution in [0.3, 0.4) is 0 Å². The summed E-state index contributed by atoms with van der Waals surface area (Å²) in [5, 5.41) is 12.1. The fourth-order valence-corrected chi connectivity index (χ4v) is 3.32. The Kier molecular flexibility index (Phi) is 6.29. The Hall–Kier alpha value is -1.98. The normalized spacial score (nSPS) is 23.0. The minimum atomic E-state index is -1.02. The lowest BCUT2D eigenvalue weighted by molar-refractivity contribution is -0.143. The van der Waals surface area contributed by atoms with Crippen molar-refractivity contribution in [2.45, 2.75) is 57.4 Å². The number of carbonyl (C=O) groups excluding carboxylic acids is 1. The topological polar surface area (TPSA) is 66.4 Å². The van der Waals surface area contributed by atoms with Gasteiger partial charge < -0.3 is 10.4 Å². The first kappa shape index (κ1) is 18.4. The molecule has 2 rings (SSSR count). The molecule has 24 heavy (non-hydrogen) atoms. The van der Waals surface area contributed by atoms with Gasteiger partial charge in [-0.05, 0) is 31.9 Å². The van der Waals surface area contributed by atoms with Crippen LogP contribution in [0.1, 0.15) is 56.9 Å². The number of carboxylic acids is 1. The van der Waals surface area contributed by atoms with E-state index < -0.39 is 41.4 Å². The Morgan fingerprint density at radius 2 is 1.71 bits per heavy atom. The van der Waals surface area contributed by atoms with Crippen LogP contribution in [0, 0.1) is 17.6 Å². The smallest absolute Gasteiger partial charge is 0.308 e. The minimum absolute atomic E-state index is 0.285. The highest BCUT2D eigenvalue weighted by molar-refractivity contribution is 5.84. The Morgan fingerprint density at radius 1 is 1.12 bits per heavy atom. The third-order valence-electron chi connectivity index (χ3n) is 4.74. The van der Waals surface area contributed by atoms with Crippen LogP contribution in [0.4, 0.5) is 8.78 Å². The number of benzene rings is 1. The van der Waals surface area contributed by atoms with E-state index in [-0.39, 0.29) is 5.56 Å². The van der Waals surface area contributed by atoms with Crippen molar-refractivity contribution in [3.8, 4) is 0 Å². The van der Waals surface area contributed by atoms with Gasteiger partial charge in [-0.3, -0.25) is 9.59 Å². The predicted molar refractivity (Wildman–Crippen MR) is 85.5 cm³/mol. The van der Waals surface area contributed by atoms with Crippen LogP contribution in [0.5, 0.6) is 0 Å². The lowest BCUT2D eigenvalue weighted by Gasteiger charge is -2.28. The number of aliphatic carboxylic acids is 1. The van der Waals surface area contributed by atoms with Crippen LogP contribution < -0.4 is 5.32 Å². The molecule has 0 aromatic heterocycles. The number of hydrogen-bond acceptors (Lipinski definition) is 2. The number of amides is 1. The van der Waals surface area contributed by atoms with E-state index in [0.29, 0.717) is 12.8 Å². The second-order valence-corrected chi connectivity index (χ2v) is 6.41. The van der Waals surface area contributed by atoms with Crippen LogP contribution in [-0.2, 0) is 9.59 Å². The van der Waals surface area contributed by atoms with Crippen molar-refractivity contribution in [2.75, 3.05) is 0 Å². The lowest BCUT2D eigenvalue weighted by Crippen LogP contribution is -2.45. The molecule has 0 radical (unpaired) electrons. The van der Waals surface area contributed by atoms with Crippen LogP contribution in [0.15, 0.2) is 18.2 Å². The quantitative estimate of drug-likeness (QED) is 0.881. The standard InChI is InChI=1S/C18H23F2NO3/c1-11(16-13(19)8-6-9-14(16)20)17(22)21-15-10-5-3-2-4-7-12(15)18(23)24/h6,8-9,11-12,15H,2-5,7,10H2,1H3,(H,21,22)(H,23,24). The Labute approximate surface area is 140 Å². The predicted octanol–water partition coefficient (Wildman–Crippen LogP) is 3.61. The maximum Gasteiger partial charge on any atom is 0.308 e. The first-order chi connectivity index (χ1) is 11.4. The molecule has 1 aliphatic carbocycles. The van der Waals surface area contributed by atoms with E-state index in [9.17, 15) is 23.5 Å². The van der Waals surface area contributed by atoms with E-state index in [1.807, 2.05) is 0 Å². The monoisotopic (exact) mass is 339 g/mol. The van der Waals surface area contributed by atoms with Gasteiger partial charge in [0.2, 0.25) is 5.91 Å².